The maximum Gasteiger partial charge on any atom is 0.433 e. The second kappa shape index (κ2) is 11.2. The Morgan fingerprint density at radius 1 is 1.09 bits per heavy atom. The molecule has 0 spiro atoms. The molecule has 1 aliphatic rings. The second-order valence-corrected chi connectivity index (χ2v) is 8.69. The molecule has 11 heteroatoms. The van der Waals surface area contributed by atoms with Gasteiger partial charge in [0, 0.05) is 12.1 Å². The Labute approximate surface area is 207 Å². The van der Waals surface area contributed by atoms with Crippen LogP contribution in [-0.2, 0) is 25.7 Å². The van der Waals surface area contributed by atoms with Crippen molar-refractivity contribution in [1.29, 1.82) is 0 Å². The van der Waals surface area contributed by atoms with Crippen LogP contribution in [0.4, 0.5) is 9.59 Å². The highest BCUT2D eigenvalue weighted by atomic mass is 35.5. The third kappa shape index (κ3) is 6.49. The first-order valence-electron chi connectivity index (χ1n) is 10.8. The van der Waals surface area contributed by atoms with Crippen LogP contribution in [0.25, 0.3) is 0 Å². The molecule has 2 N–H and O–H groups in total. The number of hydrazine groups is 1. The van der Waals surface area contributed by atoms with Crippen LogP contribution in [0.15, 0.2) is 54.6 Å². The number of nitrogens with zero attached hydrogens (tertiary/aromatic N) is 2. The Hall–Kier alpha value is -3.63. The molecule has 0 saturated carbocycles. The topological polar surface area (TPSA) is 129 Å². The van der Waals surface area contributed by atoms with Crippen LogP contribution >= 0.6 is 11.6 Å². The smallest absolute Gasteiger partial charge is 0.433 e. The van der Waals surface area contributed by atoms with Crippen molar-refractivity contribution in [3.05, 3.63) is 70.7 Å². The highest BCUT2D eigenvalue weighted by Gasteiger charge is 2.51. The largest absolute Gasteiger partial charge is 0.463 e. The maximum absolute atomic E-state index is 13.1. The molecular formula is C24H26ClN3O7. The summed E-state index contributed by atoms with van der Waals surface area (Å²) in [4.78, 5) is 50.2. The third-order valence-electron chi connectivity index (χ3n) is 5.36. The molecule has 0 radical (unpaired) electrons. The molecule has 0 unspecified atom stereocenters. The van der Waals surface area contributed by atoms with E-state index in [1.807, 2.05) is 6.07 Å². The molecule has 0 aliphatic carbocycles. The number of amides is 4. The summed E-state index contributed by atoms with van der Waals surface area (Å²) in [6, 6.07) is 14.4. The number of carbonyl (C=O) groups is 4. The van der Waals surface area contributed by atoms with E-state index in [-0.39, 0.29) is 11.6 Å². The number of alkyl carbamates (subject to hydrolysis) is 1. The number of hydrogen-bond donors (Lipinski definition) is 2. The number of benzene rings is 2. The molecule has 10 nitrogen and oxygen atoms in total. The average Bonchev–Trinajstić information content (AvgIpc) is 3.62. The lowest BCUT2D eigenvalue weighted by Crippen LogP contribution is -2.58. The Morgan fingerprint density at radius 3 is 2.29 bits per heavy atom. The van der Waals surface area contributed by atoms with Crippen molar-refractivity contribution in [2.24, 2.45) is 5.92 Å². The monoisotopic (exact) mass is 503 g/mol. The van der Waals surface area contributed by atoms with E-state index in [2.05, 4.69) is 5.32 Å². The summed E-state index contributed by atoms with van der Waals surface area (Å²) in [6.45, 7) is 3.33. The minimum Gasteiger partial charge on any atom is -0.463 e. The van der Waals surface area contributed by atoms with Crippen LogP contribution < -0.4 is 5.32 Å². The van der Waals surface area contributed by atoms with Crippen LogP contribution in [-0.4, -0.2) is 58.3 Å². The molecule has 1 saturated heterocycles. The van der Waals surface area contributed by atoms with Crippen LogP contribution in [0.1, 0.15) is 31.1 Å². The summed E-state index contributed by atoms with van der Waals surface area (Å²) in [7, 11) is 1.14. The summed E-state index contributed by atoms with van der Waals surface area (Å²) in [6.07, 6.45) is -4.25. The number of likely N-dealkylation sites (N-methyl/N-ethyl adjacent to an activating group) is 1. The molecule has 2 aromatic carbocycles. The van der Waals surface area contributed by atoms with Crippen molar-refractivity contribution in [1.82, 2.24) is 15.3 Å². The van der Waals surface area contributed by atoms with Crippen LogP contribution in [0.5, 0.6) is 0 Å². The Bertz CT molecular complexity index is 1080. The van der Waals surface area contributed by atoms with E-state index in [1.165, 1.54) is 0 Å². The van der Waals surface area contributed by atoms with Crippen molar-refractivity contribution in [3.8, 4) is 0 Å². The summed E-state index contributed by atoms with van der Waals surface area (Å²) in [5, 5.41) is 13.6. The van der Waals surface area contributed by atoms with Gasteiger partial charge in [-0.05, 0) is 29.2 Å². The molecule has 35 heavy (non-hydrogen) atoms. The first-order chi connectivity index (χ1) is 16.6. The predicted molar refractivity (Wildman–Crippen MR) is 125 cm³/mol. The van der Waals surface area contributed by atoms with Crippen LogP contribution in [0, 0.1) is 5.92 Å². The van der Waals surface area contributed by atoms with Gasteiger partial charge in [0.1, 0.15) is 18.8 Å². The lowest BCUT2D eigenvalue weighted by Gasteiger charge is -2.31. The summed E-state index contributed by atoms with van der Waals surface area (Å²) in [5.74, 6) is -2.17. The van der Waals surface area contributed by atoms with E-state index in [0.717, 1.165) is 12.6 Å². The molecule has 1 heterocycles. The normalized spacial score (nSPS) is 17.3. The van der Waals surface area contributed by atoms with Gasteiger partial charge in [0.25, 0.3) is 11.8 Å². The lowest BCUT2D eigenvalue weighted by molar-refractivity contribution is -0.159. The lowest BCUT2D eigenvalue weighted by atomic mass is 10.0. The van der Waals surface area contributed by atoms with Gasteiger partial charge in [-0.25, -0.2) is 14.6 Å². The predicted octanol–water partition coefficient (Wildman–Crippen LogP) is 3.61. The van der Waals surface area contributed by atoms with Crippen LogP contribution in [0.3, 0.4) is 0 Å². The summed E-state index contributed by atoms with van der Waals surface area (Å²) >= 11 is 5.87. The average molecular weight is 504 g/mol. The molecule has 3 atom stereocenters. The fraction of sp³-hybridized carbons (Fsp3) is 0.333. The van der Waals surface area contributed by atoms with Gasteiger partial charge in [-0.15, -0.1) is 5.01 Å². The fourth-order valence-corrected chi connectivity index (χ4v) is 3.53. The van der Waals surface area contributed by atoms with E-state index in [9.17, 15) is 24.3 Å². The van der Waals surface area contributed by atoms with Crippen molar-refractivity contribution in [2.45, 2.75) is 38.7 Å². The quantitative estimate of drug-likeness (QED) is 0.436. The number of nitrogens with one attached hydrogen (secondary N) is 1. The molecule has 4 amide bonds. The van der Waals surface area contributed by atoms with Gasteiger partial charge in [0.15, 0.2) is 6.10 Å². The number of hydrogen-bond acceptors (Lipinski definition) is 6. The number of rotatable bonds is 7. The maximum atomic E-state index is 13.1. The highest BCUT2D eigenvalue weighted by Crippen LogP contribution is 2.40. The minimum atomic E-state index is -1.66. The van der Waals surface area contributed by atoms with E-state index in [0.29, 0.717) is 15.6 Å². The zero-order chi connectivity index (χ0) is 25.7. The van der Waals surface area contributed by atoms with Gasteiger partial charge in [-0.3, -0.25) is 9.59 Å². The van der Waals surface area contributed by atoms with Gasteiger partial charge >= 0.3 is 12.2 Å². The number of epoxide rings is 1. The van der Waals surface area contributed by atoms with Crippen molar-refractivity contribution in [3.63, 3.8) is 0 Å². The van der Waals surface area contributed by atoms with Crippen molar-refractivity contribution >= 4 is 35.6 Å². The van der Waals surface area contributed by atoms with Gasteiger partial charge in [-0.2, -0.15) is 0 Å². The summed E-state index contributed by atoms with van der Waals surface area (Å²) in [5.41, 5.74) is 1.41. The molecule has 3 rings (SSSR count). The minimum absolute atomic E-state index is 0.00758. The van der Waals surface area contributed by atoms with Gasteiger partial charge < -0.3 is 19.9 Å². The zero-order valence-corrected chi connectivity index (χ0v) is 20.1. The fourth-order valence-electron chi connectivity index (χ4n) is 3.40. The third-order valence-corrected chi connectivity index (χ3v) is 5.61. The first kappa shape index (κ1) is 26.0. The van der Waals surface area contributed by atoms with E-state index < -0.39 is 48.2 Å². The van der Waals surface area contributed by atoms with Crippen LogP contribution in [0.2, 0.25) is 5.02 Å². The van der Waals surface area contributed by atoms with Gasteiger partial charge in [0.05, 0.1) is 0 Å². The number of carbonyl (C=O) groups excluding carboxylic acids is 3. The SMILES string of the molecule is CC(C)[C@H](NC(=O)OCc1ccccc1)C(=O)N(C)N(C(=O)O)C(=O)[C@H]1O[C@@H]1c1ccc(Cl)cc1. The second-order valence-electron chi connectivity index (χ2n) is 8.25. The molecule has 1 fully saturated rings. The molecular weight excluding hydrogens is 478 g/mol. The van der Waals surface area contributed by atoms with E-state index in [4.69, 9.17) is 21.1 Å². The van der Waals surface area contributed by atoms with Gasteiger partial charge in [-0.1, -0.05) is 67.9 Å². The van der Waals surface area contributed by atoms with E-state index >= 15 is 0 Å². The number of halogens is 1. The Balaban J connectivity index is 1.66. The zero-order valence-electron chi connectivity index (χ0n) is 19.4. The Morgan fingerprint density at radius 2 is 1.71 bits per heavy atom. The Kier molecular flexibility index (Phi) is 8.31. The van der Waals surface area contributed by atoms with E-state index in [1.54, 1.807) is 62.4 Å². The number of ether oxygens (including phenoxy) is 2. The number of carboxylic acid groups (broad SMARTS) is 1. The van der Waals surface area contributed by atoms with Gasteiger partial charge in [0.2, 0.25) is 0 Å². The van der Waals surface area contributed by atoms with Crippen molar-refractivity contribution < 1.29 is 33.8 Å². The molecule has 0 aromatic heterocycles. The molecule has 2 aromatic rings. The molecule has 1 aliphatic heterocycles. The number of imide groups is 1. The first-order valence-corrected chi connectivity index (χ1v) is 11.2. The highest BCUT2D eigenvalue weighted by molar-refractivity contribution is 6.30. The molecule has 186 valence electrons. The van der Waals surface area contributed by atoms with Crippen molar-refractivity contribution in [2.75, 3.05) is 7.05 Å². The molecule has 0 bridgehead atoms. The standard InChI is InChI=1S/C24H26ClN3O7/c1-14(2)18(26-23(31)34-13-15-7-5-4-6-8-15)21(29)27(3)28(24(32)33)22(30)20-19(35-20)16-9-11-17(25)12-10-16/h4-12,14,18-20H,13H2,1-3H3,(H,26,31)(H,32,33)/t18-,19+,20-/m0/s1. The summed E-state index contributed by atoms with van der Waals surface area (Å²) < 4.78 is 10.6.